The number of aromatic nitrogens is 1. The third-order valence-corrected chi connectivity index (χ3v) is 1.68. The first-order valence-electron chi connectivity index (χ1n) is 3.65. The molecule has 1 aliphatic rings. The summed E-state index contributed by atoms with van der Waals surface area (Å²) in [6.45, 7) is 0. The fourth-order valence-corrected chi connectivity index (χ4v) is 1.12. The Hall–Kier alpha value is -1.50. The largest absolute Gasteiger partial charge is 0.361 e. The summed E-state index contributed by atoms with van der Waals surface area (Å²) in [7, 11) is 0. The summed E-state index contributed by atoms with van der Waals surface area (Å²) in [6.07, 6.45) is 14.2. The van der Waals surface area contributed by atoms with Gasteiger partial charge in [-0.1, -0.05) is 30.4 Å². The van der Waals surface area contributed by atoms with Crippen molar-refractivity contribution in [2.45, 2.75) is 0 Å². The van der Waals surface area contributed by atoms with E-state index in [0.717, 1.165) is 0 Å². The molecule has 1 heteroatoms. The number of fused-ring (bicyclic) bond motifs is 1. The summed E-state index contributed by atoms with van der Waals surface area (Å²) >= 11 is 0. The molecule has 0 saturated heterocycles. The molecule has 0 fully saturated rings. The van der Waals surface area contributed by atoms with Crippen molar-refractivity contribution in [2.75, 3.05) is 0 Å². The van der Waals surface area contributed by atoms with Crippen LogP contribution >= 0.6 is 0 Å². The minimum absolute atomic E-state index is 1.17. The molecule has 2 rings (SSSR count). The van der Waals surface area contributed by atoms with E-state index in [2.05, 4.69) is 23.2 Å². The number of hydrogen-bond donors (Lipinski definition) is 1. The number of hydrogen-bond acceptors (Lipinski definition) is 0. The Labute approximate surface area is 65.1 Å². The number of nitrogens with one attached hydrogen (secondary N) is 1. The van der Waals surface area contributed by atoms with Gasteiger partial charge >= 0.3 is 0 Å². The molecule has 0 bridgehead atoms. The maximum Gasteiger partial charge on any atom is 0.0453 e. The summed E-state index contributed by atoms with van der Waals surface area (Å²) in [5, 5.41) is 2.41. The van der Waals surface area contributed by atoms with Crippen molar-refractivity contribution in [1.29, 1.82) is 0 Å². The van der Waals surface area contributed by atoms with Crippen LogP contribution in [-0.2, 0) is 0 Å². The lowest BCUT2D eigenvalue weighted by molar-refractivity contribution is 1.32. The molecule has 0 saturated carbocycles. The Bertz CT molecular complexity index is 366. The van der Waals surface area contributed by atoms with Gasteiger partial charge in [-0.15, -0.1) is 0 Å². The van der Waals surface area contributed by atoms with Crippen LogP contribution in [0.2, 0.25) is 0 Å². The van der Waals surface area contributed by atoms with E-state index in [9.17, 15) is 0 Å². The normalized spacial score (nSPS) is 20.0. The van der Waals surface area contributed by atoms with Crippen molar-refractivity contribution >= 4 is 12.2 Å². The molecule has 0 spiro atoms. The number of aromatic amines is 1. The van der Waals surface area contributed by atoms with Gasteiger partial charge in [0.15, 0.2) is 0 Å². The quantitative estimate of drug-likeness (QED) is 0.550. The van der Waals surface area contributed by atoms with E-state index in [1.54, 1.807) is 0 Å². The Morgan fingerprint density at radius 1 is 0.909 bits per heavy atom. The first-order valence-corrected chi connectivity index (χ1v) is 3.65. The first kappa shape index (κ1) is 6.23. The van der Waals surface area contributed by atoms with Crippen LogP contribution in [0, 0.1) is 0 Å². The van der Waals surface area contributed by atoms with Crippen LogP contribution in [-0.4, -0.2) is 4.98 Å². The first-order chi connectivity index (χ1) is 5.47. The standard InChI is InChI=1S/C10H9N/c1-2-4-6-10-9(5-3-1)7-8-11-10/h1-8,11H/b2-1?,3-1-,4-2-,5-3?,6-4?,9-5?,10-6?. The second-order valence-electron chi connectivity index (χ2n) is 2.45. The van der Waals surface area contributed by atoms with Crippen molar-refractivity contribution in [3.05, 3.63) is 47.1 Å². The molecule has 11 heavy (non-hydrogen) atoms. The van der Waals surface area contributed by atoms with Crippen LogP contribution < -0.4 is 10.6 Å². The third kappa shape index (κ3) is 1.17. The van der Waals surface area contributed by atoms with Gasteiger partial charge in [0.2, 0.25) is 0 Å². The fraction of sp³-hybridized carbons (Fsp3) is 0. The molecule has 1 aromatic heterocycles. The molecule has 54 valence electrons. The van der Waals surface area contributed by atoms with E-state index in [0.29, 0.717) is 0 Å². The minimum atomic E-state index is 1.17. The van der Waals surface area contributed by atoms with Crippen LogP contribution in [0.25, 0.3) is 12.2 Å². The maximum atomic E-state index is 3.15. The van der Waals surface area contributed by atoms with Gasteiger partial charge in [0.1, 0.15) is 0 Å². The van der Waals surface area contributed by atoms with E-state index in [1.165, 1.54) is 10.6 Å². The molecule has 1 N–H and O–H groups in total. The van der Waals surface area contributed by atoms with Gasteiger partial charge in [0.25, 0.3) is 0 Å². The molecule has 0 aromatic carbocycles. The van der Waals surface area contributed by atoms with Crippen molar-refractivity contribution in [3.8, 4) is 0 Å². The zero-order valence-electron chi connectivity index (χ0n) is 6.12. The van der Waals surface area contributed by atoms with Gasteiger partial charge in [0, 0.05) is 11.5 Å². The number of rotatable bonds is 0. The summed E-state index contributed by atoms with van der Waals surface area (Å²) in [5.74, 6) is 0. The zero-order valence-corrected chi connectivity index (χ0v) is 6.12. The second kappa shape index (κ2) is 2.62. The molecular formula is C10H9N. The fourth-order valence-electron chi connectivity index (χ4n) is 1.12. The number of H-pyrrole nitrogens is 1. The Morgan fingerprint density at radius 3 is 2.64 bits per heavy atom. The Kier molecular flexibility index (Phi) is 1.48. The molecule has 0 atom stereocenters. The van der Waals surface area contributed by atoms with Crippen molar-refractivity contribution < 1.29 is 0 Å². The zero-order chi connectivity index (χ0) is 7.52. The maximum absolute atomic E-state index is 3.15. The van der Waals surface area contributed by atoms with Gasteiger partial charge in [-0.05, 0) is 17.4 Å². The third-order valence-electron chi connectivity index (χ3n) is 1.68. The highest BCUT2D eigenvalue weighted by atomic mass is 14.6. The highest BCUT2D eigenvalue weighted by molar-refractivity contribution is 5.46. The number of allylic oxidation sites excluding steroid dienone is 4. The van der Waals surface area contributed by atoms with Crippen LogP contribution in [0.5, 0.6) is 0 Å². The average Bonchev–Trinajstić information content (AvgIpc) is 2.35. The lowest BCUT2D eigenvalue weighted by Crippen LogP contribution is -2.21. The predicted molar refractivity (Wildman–Crippen MR) is 47.3 cm³/mol. The van der Waals surface area contributed by atoms with Crippen LogP contribution in [0.3, 0.4) is 0 Å². The Balaban J connectivity index is 2.80. The molecule has 0 unspecified atom stereocenters. The Morgan fingerprint density at radius 2 is 1.73 bits per heavy atom. The van der Waals surface area contributed by atoms with Gasteiger partial charge in [-0.3, -0.25) is 0 Å². The van der Waals surface area contributed by atoms with E-state index < -0.39 is 0 Å². The molecule has 0 amide bonds. The molecular weight excluding hydrogens is 134 g/mol. The van der Waals surface area contributed by atoms with E-state index >= 15 is 0 Å². The summed E-state index contributed by atoms with van der Waals surface area (Å²) in [6, 6.07) is 2.06. The van der Waals surface area contributed by atoms with Crippen molar-refractivity contribution in [3.63, 3.8) is 0 Å². The van der Waals surface area contributed by atoms with Crippen molar-refractivity contribution in [2.24, 2.45) is 0 Å². The topological polar surface area (TPSA) is 15.8 Å². The van der Waals surface area contributed by atoms with Crippen LogP contribution in [0.15, 0.2) is 36.6 Å². The van der Waals surface area contributed by atoms with E-state index in [1.807, 2.05) is 30.5 Å². The summed E-state index contributed by atoms with van der Waals surface area (Å²) in [4.78, 5) is 3.15. The molecule has 1 aliphatic carbocycles. The molecule has 0 aliphatic heterocycles. The van der Waals surface area contributed by atoms with Gasteiger partial charge in [-0.2, -0.15) is 0 Å². The van der Waals surface area contributed by atoms with E-state index in [4.69, 9.17) is 0 Å². The highest BCUT2D eigenvalue weighted by Gasteiger charge is 1.82. The highest BCUT2D eigenvalue weighted by Crippen LogP contribution is 1.82. The lowest BCUT2D eigenvalue weighted by atomic mass is 10.3. The monoisotopic (exact) mass is 143 g/mol. The minimum Gasteiger partial charge on any atom is -0.361 e. The van der Waals surface area contributed by atoms with Gasteiger partial charge < -0.3 is 4.98 Å². The SMILES string of the molecule is C1=c2cc[nH]c2=C/C=C\C=C/1. The van der Waals surface area contributed by atoms with Crippen LogP contribution in [0.4, 0.5) is 0 Å². The second-order valence-corrected chi connectivity index (χ2v) is 2.45. The smallest absolute Gasteiger partial charge is 0.0453 e. The molecule has 1 aromatic rings. The average molecular weight is 143 g/mol. The predicted octanol–water partition coefficient (Wildman–Crippen LogP) is 0.702. The molecule has 1 nitrogen and oxygen atoms in total. The molecule has 1 heterocycles. The van der Waals surface area contributed by atoms with Gasteiger partial charge in [-0.25, -0.2) is 0 Å². The summed E-state index contributed by atoms with van der Waals surface area (Å²) in [5.41, 5.74) is 0. The van der Waals surface area contributed by atoms with Crippen LogP contribution in [0.1, 0.15) is 0 Å². The van der Waals surface area contributed by atoms with Gasteiger partial charge in [0.05, 0.1) is 0 Å². The van der Waals surface area contributed by atoms with E-state index in [-0.39, 0.29) is 0 Å². The molecule has 0 radical (unpaired) electrons. The van der Waals surface area contributed by atoms with Crippen molar-refractivity contribution in [1.82, 2.24) is 4.98 Å². The summed E-state index contributed by atoms with van der Waals surface area (Å²) < 4.78 is 0. The lowest BCUT2D eigenvalue weighted by Gasteiger charge is -1.81.